The highest BCUT2D eigenvalue weighted by Crippen LogP contribution is 2.17. The number of methoxy groups -OCH3 is 1. The maximum Gasteiger partial charge on any atom is 0.195 e. The van der Waals surface area contributed by atoms with E-state index in [0.29, 0.717) is 13.2 Å². The number of hydrogen-bond donors (Lipinski definition) is 3. The third-order valence-corrected chi connectivity index (χ3v) is 3.15. The monoisotopic (exact) mass is 336 g/mol. The lowest BCUT2D eigenvalue weighted by atomic mass is 10.1. The number of hydrogen-bond acceptors (Lipinski definition) is 4. The first-order chi connectivity index (χ1) is 11.4. The molecule has 0 amide bonds. The highest BCUT2D eigenvalue weighted by Gasteiger charge is 2.07. The van der Waals surface area contributed by atoms with Crippen molar-refractivity contribution in [2.45, 2.75) is 32.7 Å². The first-order valence-corrected chi connectivity index (χ1v) is 8.39. The number of guanidine groups is 1. The van der Waals surface area contributed by atoms with Gasteiger partial charge in [0.15, 0.2) is 5.96 Å². The third kappa shape index (κ3) is 9.37. The van der Waals surface area contributed by atoms with Gasteiger partial charge < -0.3 is 25.4 Å². The number of benzene rings is 1. The Morgan fingerprint density at radius 2 is 1.96 bits per heavy atom. The summed E-state index contributed by atoms with van der Waals surface area (Å²) in [5.74, 6) is 1.57. The van der Waals surface area contributed by atoms with Gasteiger partial charge in [-0.15, -0.1) is 0 Å². The van der Waals surface area contributed by atoms with Crippen LogP contribution in [0.3, 0.4) is 0 Å². The van der Waals surface area contributed by atoms with Gasteiger partial charge in [0.25, 0.3) is 0 Å². The Bertz CT molecular complexity index is 498. The lowest BCUT2D eigenvalue weighted by molar-refractivity contribution is 0.172. The second-order valence-corrected chi connectivity index (χ2v) is 6.52. The summed E-state index contributed by atoms with van der Waals surface area (Å²) in [5.41, 5.74) is 1.06. The molecule has 0 aliphatic rings. The molecule has 0 atom stereocenters. The van der Waals surface area contributed by atoms with Gasteiger partial charge in [-0.1, -0.05) is 6.07 Å². The van der Waals surface area contributed by atoms with E-state index < -0.39 is 0 Å². The van der Waals surface area contributed by atoms with E-state index in [-0.39, 0.29) is 5.54 Å². The quantitative estimate of drug-likeness (QED) is 0.367. The molecule has 1 aromatic rings. The molecule has 0 fully saturated rings. The average molecular weight is 336 g/mol. The van der Waals surface area contributed by atoms with Gasteiger partial charge in [0, 0.05) is 57.6 Å². The Hall–Kier alpha value is -1.79. The van der Waals surface area contributed by atoms with Crippen LogP contribution in [0.4, 0.5) is 5.69 Å². The largest absolute Gasteiger partial charge is 0.493 e. The van der Waals surface area contributed by atoms with E-state index in [1.54, 1.807) is 14.2 Å². The van der Waals surface area contributed by atoms with E-state index in [9.17, 15) is 0 Å². The first-order valence-electron chi connectivity index (χ1n) is 8.39. The molecule has 1 rings (SSSR count). The zero-order chi connectivity index (χ0) is 17.8. The molecule has 0 heterocycles. The lowest BCUT2D eigenvalue weighted by Gasteiger charge is -2.21. The van der Waals surface area contributed by atoms with Crippen LogP contribution in [0.1, 0.15) is 27.2 Å². The molecule has 0 aromatic heterocycles. The second kappa shape index (κ2) is 10.9. The van der Waals surface area contributed by atoms with Crippen molar-refractivity contribution in [2.75, 3.05) is 45.8 Å². The Labute approximate surface area is 146 Å². The van der Waals surface area contributed by atoms with Crippen LogP contribution in [-0.2, 0) is 4.74 Å². The van der Waals surface area contributed by atoms with Gasteiger partial charge in [0.05, 0.1) is 6.61 Å². The van der Waals surface area contributed by atoms with E-state index in [2.05, 4.69) is 41.7 Å². The molecule has 24 heavy (non-hydrogen) atoms. The summed E-state index contributed by atoms with van der Waals surface area (Å²) in [4.78, 5) is 4.24. The van der Waals surface area contributed by atoms with Crippen molar-refractivity contribution in [3.05, 3.63) is 24.3 Å². The fraction of sp³-hybridized carbons (Fsp3) is 0.611. The van der Waals surface area contributed by atoms with Gasteiger partial charge in [-0.2, -0.15) is 0 Å². The van der Waals surface area contributed by atoms with Gasteiger partial charge in [0.2, 0.25) is 0 Å². The summed E-state index contributed by atoms with van der Waals surface area (Å²) in [5, 5.41) is 10.00. The van der Waals surface area contributed by atoms with E-state index >= 15 is 0 Å². The molecule has 6 heteroatoms. The summed E-state index contributed by atoms with van der Waals surface area (Å²) in [6, 6.07) is 7.86. The van der Waals surface area contributed by atoms with Gasteiger partial charge in [0.1, 0.15) is 5.75 Å². The Kier molecular flexibility index (Phi) is 9.19. The van der Waals surface area contributed by atoms with Crippen LogP contribution in [0.25, 0.3) is 0 Å². The Morgan fingerprint density at radius 3 is 2.62 bits per heavy atom. The molecule has 6 nitrogen and oxygen atoms in total. The summed E-state index contributed by atoms with van der Waals surface area (Å²) in [6.07, 6.45) is 0.873. The molecule has 3 N–H and O–H groups in total. The topological polar surface area (TPSA) is 66.9 Å². The highest BCUT2D eigenvalue weighted by atomic mass is 16.5. The van der Waals surface area contributed by atoms with Crippen LogP contribution in [0.15, 0.2) is 29.3 Å². The molecule has 0 aliphatic carbocycles. The van der Waals surface area contributed by atoms with Crippen molar-refractivity contribution in [2.24, 2.45) is 4.99 Å². The minimum Gasteiger partial charge on any atom is -0.493 e. The molecule has 0 saturated carbocycles. The first kappa shape index (κ1) is 20.3. The average Bonchev–Trinajstić information content (AvgIpc) is 2.54. The maximum absolute atomic E-state index is 5.71. The number of anilines is 1. The molecule has 0 aliphatic heterocycles. The Balaban J connectivity index is 2.42. The van der Waals surface area contributed by atoms with Crippen molar-refractivity contribution in [1.29, 1.82) is 0 Å². The molecule has 0 radical (unpaired) electrons. The summed E-state index contributed by atoms with van der Waals surface area (Å²) in [6.45, 7) is 9.46. The normalized spacial score (nSPS) is 12.1. The zero-order valence-corrected chi connectivity index (χ0v) is 15.6. The molecule has 0 bridgehead atoms. The summed E-state index contributed by atoms with van der Waals surface area (Å²) >= 11 is 0. The number of nitrogens with one attached hydrogen (secondary N) is 3. The molecule has 1 aromatic carbocycles. The molecule has 0 saturated heterocycles. The molecule has 136 valence electrons. The van der Waals surface area contributed by atoms with Crippen molar-refractivity contribution in [3.63, 3.8) is 0 Å². The van der Waals surface area contributed by atoms with Gasteiger partial charge >= 0.3 is 0 Å². The van der Waals surface area contributed by atoms with E-state index in [1.807, 2.05) is 24.3 Å². The SMILES string of the molecule is CN=C(NCCNC(C)(C)C)Nc1cccc(OCCCOC)c1. The molecule has 0 spiro atoms. The summed E-state index contributed by atoms with van der Waals surface area (Å²) < 4.78 is 10.7. The van der Waals surface area contributed by atoms with Crippen molar-refractivity contribution in [3.8, 4) is 5.75 Å². The highest BCUT2D eigenvalue weighted by molar-refractivity contribution is 5.93. The van der Waals surface area contributed by atoms with Crippen molar-refractivity contribution < 1.29 is 9.47 Å². The van der Waals surface area contributed by atoms with Gasteiger partial charge in [-0.25, -0.2) is 0 Å². The van der Waals surface area contributed by atoms with Crippen LogP contribution in [0.5, 0.6) is 5.75 Å². The third-order valence-electron chi connectivity index (χ3n) is 3.15. The van der Waals surface area contributed by atoms with Gasteiger partial charge in [-0.05, 0) is 32.9 Å². The minimum absolute atomic E-state index is 0.118. The van der Waals surface area contributed by atoms with E-state index in [1.165, 1.54) is 0 Å². The number of nitrogens with zero attached hydrogens (tertiary/aromatic N) is 1. The van der Waals surface area contributed by atoms with Crippen molar-refractivity contribution >= 4 is 11.6 Å². The number of rotatable bonds is 9. The van der Waals surface area contributed by atoms with Crippen LogP contribution < -0.4 is 20.7 Å². The Morgan fingerprint density at radius 1 is 1.17 bits per heavy atom. The predicted octanol–water partition coefficient (Wildman–Crippen LogP) is 2.48. The maximum atomic E-state index is 5.71. The number of aliphatic imine (C=N–C) groups is 1. The fourth-order valence-corrected chi connectivity index (χ4v) is 1.99. The zero-order valence-electron chi connectivity index (χ0n) is 15.6. The molecule has 0 unspecified atom stereocenters. The van der Waals surface area contributed by atoms with E-state index in [0.717, 1.165) is 36.9 Å². The predicted molar refractivity (Wildman–Crippen MR) is 101 cm³/mol. The standard InChI is InChI=1S/C18H32N4O2/c1-18(2,3)21-11-10-20-17(19-4)22-15-8-6-9-16(14-15)24-13-7-12-23-5/h6,8-9,14,21H,7,10-13H2,1-5H3,(H2,19,20,22). The molecular weight excluding hydrogens is 304 g/mol. The lowest BCUT2D eigenvalue weighted by Crippen LogP contribution is -2.42. The van der Waals surface area contributed by atoms with E-state index in [4.69, 9.17) is 9.47 Å². The van der Waals surface area contributed by atoms with Crippen LogP contribution in [0, 0.1) is 0 Å². The second-order valence-electron chi connectivity index (χ2n) is 6.52. The van der Waals surface area contributed by atoms with Crippen molar-refractivity contribution in [1.82, 2.24) is 10.6 Å². The molecular formula is C18H32N4O2. The van der Waals surface area contributed by atoms with Crippen LogP contribution in [-0.4, -0.2) is 52.0 Å². The minimum atomic E-state index is 0.118. The van der Waals surface area contributed by atoms with Crippen LogP contribution >= 0.6 is 0 Å². The van der Waals surface area contributed by atoms with Gasteiger partial charge in [-0.3, -0.25) is 4.99 Å². The number of ether oxygens (including phenoxy) is 2. The smallest absolute Gasteiger partial charge is 0.195 e. The fourth-order valence-electron chi connectivity index (χ4n) is 1.99. The summed E-state index contributed by atoms with van der Waals surface area (Å²) in [7, 11) is 3.46. The van der Waals surface area contributed by atoms with Crippen LogP contribution in [0.2, 0.25) is 0 Å².